The van der Waals surface area contributed by atoms with Gasteiger partial charge in [0.1, 0.15) is 4.21 Å². The molecular weight excluding hydrogens is 302 g/mol. The summed E-state index contributed by atoms with van der Waals surface area (Å²) in [5.74, 6) is 0. The molecule has 8 heteroatoms. The number of hydrogen-bond donors (Lipinski definition) is 2. The zero-order valence-corrected chi connectivity index (χ0v) is 13.1. The number of nitrogens with one attached hydrogen (secondary N) is 1. The van der Waals surface area contributed by atoms with Crippen LogP contribution >= 0.6 is 22.7 Å². The van der Waals surface area contributed by atoms with Gasteiger partial charge in [-0.25, -0.2) is 18.1 Å². The maximum absolute atomic E-state index is 12.1. The number of thiophene rings is 1. The highest BCUT2D eigenvalue weighted by Crippen LogP contribution is 2.25. The number of sulfonamides is 1. The average molecular weight is 317 g/mol. The molecule has 5 nitrogen and oxygen atoms in total. The summed E-state index contributed by atoms with van der Waals surface area (Å²) in [6.45, 7) is 4.38. The highest BCUT2D eigenvalue weighted by molar-refractivity contribution is 7.91. The van der Waals surface area contributed by atoms with E-state index >= 15 is 0 Å². The Kier molecular flexibility index (Phi) is 4.36. The first kappa shape index (κ1) is 14.6. The molecule has 3 N–H and O–H groups in total. The summed E-state index contributed by atoms with van der Waals surface area (Å²) in [6.07, 6.45) is 1.69. The lowest BCUT2D eigenvalue weighted by atomic mass is 10.3. The Morgan fingerprint density at radius 3 is 2.63 bits per heavy atom. The van der Waals surface area contributed by atoms with Crippen molar-refractivity contribution in [2.75, 3.05) is 0 Å². The van der Waals surface area contributed by atoms with Gasteiger partial charge >= 0.3 is 0 Å². The molecule has 0 aliphatic rings. The first-order chi connectivity index (χ1) is 8.92. The Balaban J connectivity index is 2.13. The lowest BCUT2D eigenvalue weighted by Crippen LogP contribution is -2.21. The van der Waals surface area contributed by atoms with E-state index < -0.39 is 10.0 Å². The minimum Gasteiger partial charge on any atom is -0.326 e. The third kappa shape index (κ3) is 3.40. The summed E-state index contributed by atoms with van der Waals surface area (Å²) in [5, 5.41) is 0.923. The predicted molar refractivity (Wildman–Crippen MR) is 77.8 cm³/mol. The monoisotopic (exact) mass is 317 g/mol. The number of hydrogen-bond acceptors (Lipinski definition) is 6. The summed E-state index contributed by atoms with van der Waals surface area (Å²) >= 11 is 2.70. The van der Waals surface area contributed by atoms with E-state index in [9.17, 15) is 8.42 Å². The Bertz CT molecular complexity index is 673. The van der Waals surface area contributed by atoms with Gasteiger partial charge < -0.3 is 5.73 Å². The van der Waals surface area contributed by atoms with E-state index in [2.05, 4.69) is 9.71 Å². The summed E-state index contributed by atoms with van der Waals surface area (Å²) in [4.78, 5) is 5.89. The molecule has 0 aliphatic carbocycles. The molecule has 19 heavy (non-hydrogen) atoms. The van der Waals surface area contributed by atoms with E-state index in [0.29, 0.717) is 10.8 Å². The smallest absolute Gasteiger partial charge is 0.250 e. The van der Waals surface area contributed by atoms with Crippen molar-refractivity contribution in [3.8, 4) is 0 Å². The second-order valence-electron chi connectivity index (χ2n) is 4.05. The number of rotatable bonds is 5. The number of aryl methyl sites for hydroxylation is 2. The fourth-order valence-corrected chi connectivity index (χ4v) is 4.89. The molecule has 0 fully saturated rings. The van der Waals surface area contributed by atoms with Crippen molar-refractivity contribution < 1.29 is 8.42 Å². The van der Waals surface area contributed by atoms with Crippen LogP contribution < -0.4 is 10.5 Å². The molecule has 0 atom stereocenters. The van der Waals surface area contributed by atoms with Gasteiger partial charge in [0.15, 0.2) is 0 Å². The van der Waals surface area contributed by atoms with E-state index in [1.165, 1.54) is 22.7 Å². The van der Waals surface area contributed by atoms with Gasteiger partial charge in [-0.3, -0.25) is 0 Å². The molecule has 0 saturated heterocycles. The number of aromatic nitrogens is 1. The van der Waals surface area contributed by atoms with E-state index in [1.54, 1.807) is 12.3 Å². The molecular formula is C11H15N3O2S3. The molecule has 2 rings (SSSR count). The molecule has 2 aromatic heterocycles. The van der Waals surface area contributed by atoms with Crippen LogP contribution in [0.2, 0.25) is 0 Å². The zero-order chi connectivity index (χ0) is 14.0. The van der Waals surface area contributed by atoms with E-state index in [4.69, 9.17) is 5.73 Å². The molecule has 0 radical (unpaired) electrons. The fourth-order valence-electron chi connectivity index (χ4n) is 1.55. The maximum atomic E-state index is 12.1. The molecule has 2 heterocycles. The minimum absolute atomic E-state index is 0.267. The van der Waals surface area contributed by atoms with Gasteiger partial charge in [-0.15, -0.1) is 22.7 Å². The average Bonchev–Trinajstić information content (AvgIpc) is 2.93. The van der Waals surface area contributed by atoms with Crippen molar-refractivity contribution in [3.05, 3.63) is 32.6 Å². The van der Waals surface area contributed by atoms with Crippen LogP contribution in [0.25, 0.3) is 0 Å². The van der Waals surface area contributed by atoms with Crippen LogP contribution in [-0.2, 0) is 23.1 Å². The number of nitrogens with zero attached hydrogens (tertiary/aromatic N) is 1. The van der Waals surface area contributed by atoms with Crippen LogP contribution in [0.4, 0.5) is 0 Å². The van der Waals surface area contributed by atoms with Crippen LogP contribution in [0.3, 0.4) is 0 Å². The Morgan fingerprint density at radius 1 is 1.37 bits per heavy atom. The van der Waals surface area contributed by atoms with Gasteiger partial charge in [-0.1, -0.05) is 0 Å². The quantitative estimate of drug-likeness (QED) is 0.880. The first-order valence-electron chi connectivity index (χ1n) is 5.62. The van der Waals surface area contributed by atoms with Crippen LogP contribution in [0, 0.1) is 13.8 Å². The highest BCUT2D eigenvalue weighted by Gasteiger charge is 2.18. The van der Waals surface area contributed by atoms with Crippen molar-refractivity contribution in [1.82, 2.24) is 9.71 Å². The lowest BCUT2D eigenvalue weighted by Gasteiger charge is -2.02. The van der Waals surface area contributed by atoms with Gasteiger partial charge in [0.2, 0.25) is 10.0 Å². The largest absolute Gasteiger partial charge is 0.326 e. The van der Waals surface area contributed by atoms with Crippen molar-refractivity contribution in [1.29, 1.82) is 0 Å². The number of thiazole rings is 1. The third-order valence-corrected chi connectivity index (χ3v) is 6.60. The van der Waals surface area contributed by atoms with E-state index in [0.717, 1.165) is 20.3 Å². The lowest BCUT2D eigenvalue weighted by molar-refractivity contribution is 0.584. The van der Waals surface area contributed by atoms with Crippen LogP contribution in [0.5, 0.6) is 0 Å². The maximum Gasteiger partial charge on any atom is 0.250 e. The standard InChI is InChI=1S/C11H15N3O2S3/c1-7-3-11(18-10(7)4-12)19(15,16)14-6-9-5-13-8(2)17-9/h3,5,14H,4,6,12H2,1-2H3. The normalized spacial score (nSPS) is 11.9. The van der Waals surface area contributed by atoms with Crippen LogP contribution in [-0.4, -0.2) is 13.4 Å². The second kappa shape index (κ2) is 5.68. The Labute approximate surface area is 120 Å². The van der Waals surface area contributed by atoms with E-state index in [1.807, 2.05) is 13.8 Å². The minimum atomic E-state index is -3.47. The van der Waals surface area contributed by atoms with Gasteiger partial charge in [-0.2, -0.15) is 0 Å². The third-order valence-electron chi connectivity index (χ3n) is 2.55. The Morgan fingerprint density at radius 2 is 2.11 bits per heavy atom. The van der Waals surface area contributed by atoms with Gasteiger partial charge in [0, 0.05) is 29.0 Å². The summed E-state index contributed by atoms with van der Waals surface area (Å²) in [7, 11) is -3.47. The molecule has 0 aliphatic heterocycles. The molecule has 0 bridgehead atoms. The van der Waals surface area contributed by atoms with Crippen LogP contribution in [0.15, 0.2) is 16.5 Å². The van der Waals surface area contributed by atoms with Gasteiger partial charge in [0.05, 0.1) is 5.01 Å². The Hall–Kier alpha value is -0.800. The molecule has 2 aromatic rings. The fraction of sp³-hybridized carbons (Fsp3) is 0.364. The topological polar surface area (TPSA) is 85.1 Å². The molecule has 0 aromatic carbocycles. The second-order valence-corrected chi connectivity index (χ2v) is 8.50. The summed E-state index contributed by atoms with van der Waals surface area (Å²) < 4.78 is 27.2. The molecule has 0 spiro atoms. The van der Waals surface area contributed by atoms with Crippen LogP contribution in [0.1, 0.15) is 20.3 Å². The van der Waals surface area contributed by atoms with Crippen molar-refractivity contribution in [2.45, 2.75) is 31.1 Å². The number of nitrogens with two attached hydrogens (primary N) is 1. The molecule has 0 amide bonds. The van der Waals surface area contributed by atoms with Gasteiger partial charge in [-0.05, 0) is 25.5 Å². The molecule has 0 unspecified atom stereocenters. The van der Waals surface area contributed by atoms with Crippen molar-refractivity contribution in [3.63, 3.8) is 0 Å². The highest BCUT2D eigenvalue weighted by atomic mass is 32.2. The molecule has 104 valence electrons. The van der Waals surface area contributed by atoms with E-state index in [-0.39, 0.29) is 6.54 Å². The zero-order valence-electron chi connectivity index (χ0n) is 10.6. The summed E-state index contributed by atoms with van der Waals surface area (Å²) in [5.41, 5.74) is 6.48. The van der Waals surface area contributed by atoms with Crippen molar-refractivity contribution >= 4 is 32.7 Å². The molecule has 0 saturated carbocycles. The van der Waals surface area contributed by atoms with Gasteiger partial charge in [0.25, 0.3) is 0 Å². The summed E-state index contributed by atoms with van der Waals surface area (Å²) in [6, 6.07) is 1.66. The van der Waals surface area contributed by atoms with Crippen molar-refractivity contribution in [2.24, 2.45) is 5.73 Å². The first-order valence-corrected chi connectivity index (χ1v) is 8.74. The SMILES string of the molecule is Cc1ncc(CNS(=O)(=O)c2cc(C)c(CN)s2)s1. The predicted octanol–water partition coefficient (Wildman–Crippen LogP) is 1.76.